The molecular formula is C16H23NO. The van der Waals surface area contributed by atoms with Crippen LogP contribution in [-0.4, -0.2) is 11.8 Å². The highest BCUT2D eigenvalue weighted by atomic mass is 16.1. The van der Waals surface area contributed by atoms with Gasteiger partial charge in [-0.2, -0.15) is 0 Å². The fraction of sp³-hybridized carbons (Fsp3) is 0.562. The van der Waals surface area contributed by atoms with Crippen LogP contribution in [0.1, 0.15) is 50.2 Å². The van der Waals surface area contributed by atoms with Gasteiger partial charge in [0.2, 0.25) is 0 Å². The van der Waals surface area contributed by atoms with Gasteiger partial charge in [0.15, 0.2) is 0 Å². The summed E-state index contributed by atoms with van der Waals surface area (Å²) >= 11 is 0. The molecule has 18 heavy (non-hydrogen) atoms. The molecule has 98 valence electrons. The first kappa shape index (κ1) is 13.3. The number of benzene rings is 1. The van der Waals surface area contributed by atoms with Gasteiger partial charge >= 0.3 is 0 Å². The Kier molecular flexibility index (Phi) is 4.18. The minimum absolute atomic E-state index is 0.199. The SMILES string of the molecule is CC(C)c1ccc(CC(=O)C2CCC(N)C2)cc1. The quantitative estimate of drug-likeness (QED) is 0.886. The molecular weight excluding hydrogens is 222 g/mol. The molecule has 0 saturated heterocycles. The van der Waals surface area contributed by atoms with E-state index >= 15 is 0 Å². The Morgan fingerprint density at radius 1 is 1.28 bits per heavy atom. The molecule has 0 bridgehead atoms. The number of hydrogen-bond donors (Lipinski definition) is 1. The second kappa shape index (κ2) is 5.66. The van der Waals surface area contributed by atoms with Crippen molar-refractivity contribution in [1.82, 2.24) is 0 Å². The van der Waals surface area contributed by atoms with Crippen LogP contribution in [0.4, 0.5) is 0 Å². The fourth-order valence-electron chi connectivity index (χ4n) is 2.67. The average Bonchev–Trinajstić information content (AvgIpc) is 2.76. The Labute approximate surface area is 110 Å². The number of rotatable bonds is 4. The molecule has 2 unspecified atom stereocenters. The molecule has 1 aromatic carbocycles. The van der Waals surface area contributed by atoms with Crippen molar-refractivity contribution in [3.05, 3.63) is 35.4 Å². The number of Topliss-reactive ketones (excluding diaryl/α,β-unsaturated/α-hetero) is 1. The van der Waals surface area contributed by atoms with Crippen molar-refractivity contribution in [3.63, 3.8) is 0 Å². The largest absolute Gasteiger partial charge is 0.328 e. The summed E-state index contributed by atoms with van der Waals surface area (Å²) < 4.78 is 0. The summed E-state index contributed by atoms with van der Waals surface area (Å²) in [4.78, 5) is 12.1. The van der Waals surface area contributed by atoms with E-state index in [0.717, 1.165) is 24.8 Å². The third-order valence-corrected chi connectivity index (χ3v) is 3.95. The predicted molar refractivity (Wildman–Crippen MR) is 74.6 cm³/mol. The first-order chi connectivity index (χ1) is 8.56. The number of carbonyl (C=O) groups is 1. The number of nitrogens with two attached hydrogens (primary N) is 1. The van der Waals surface area contributed by atoms with Gasteiger partial charge in [-0.1, -0.05) is 38.1 Å². The maximum atomic E-state index is 12.1. The lowest BCUT2D eigenvalue weighted by Gasteiger charge is -2.10. The van der Waals surface area contributed by atoms with E-state index in [2.05, 4.69) is 38.1 Å². The molecule has 0 aliphatic heterocycles. The summed E-state index contributed by atoms with van der Waals surface area (Å²) in [7, 11) is 0. The van der Waals surface area contributed by atoms with Gasteiger partial charge in [-0.3, -0.25) is 4.79 Å². The van der Waals surface area contributed by atoms with Crippen LogP contribution in [0.25, 0.3) is 0 Å². The summed E-state index contributed by atoms with van der Waals surface area (Å²) in [6.45, 7) is 4.36. The van der Waals surface area contributed by atoms with E-state index in [-0.39, 0.29) is 12.0 Å². The molecule has 2 atom stereocenters. The molecule has 1 aromatic rings. The van der Waals surface area contributed by atoms with E-state index < -0.39 is 0 Å². The zero-order valence-corrected chi connectivity index (χ0v) is 11.4. The third-order valence-electron chi connectivity index (χ3n) is 3.95. The first-order valence-corrected chi connectivity index (χ1v) is 6.93. The molecule has 2 rings (SSSR count). The molecule has 0 aromatic heterocycles. The zero-order chi connectivity index (χ0) is 13.1. The van der Waals surface area contributed by atoms with E-state index in [1.54, 1.807) is 0 Å². The lowest BCUT2D eigenvalue weighted by atomic mass is 9.95. The zero-order valence-electron chi connectivity index (χ0n) is 11.4. The summed E-state index contributed by atoms with van der Waals surface area (Å²) in [5.74, 6) is 1.10. The smallest absolute Gasteiger partial charge is 0.140 e. The van der Waals surface area contributed by atoms with Crippen molar-refractivity contribution in [2.75, 3.05) is 0 Å². The predicted octanol–water partition coefficient (Wildman–Crippen LogP) is 3.05. The number of hydrogen-bond acceptors (Lipinski definition) is 2. The van der Waals surface area contributed by atoms with Gasteiger partial charge in [0.05, 0.1) is 0 Å². The first-order valence-electron chi connectivity index (χ1n) is 6.93. The highest BCUT2D eigenvalue weighted by Gasteiger charge is 2.27. The van der Waals surface area contributed by atoms with E-state index in [9.17, 15) is 4.79 Å². The molecule has 2 N–H and O–H groups in total. The van der Waals surface area contributed by atoms with Gasteiger partial charge in [-0.25, -0.2) is 0 Å². The van der Waals surface area contributed by atoms with E-state index in [1.807, 2.05) is 0 Å². The van der Waals surface area contributed by atoms with Crippen molar-refractivity contribution in [1.29, 1.82) is 0 Å². The fourth-order valence-corrected chi connectivity index (χ4v) is 2.67. The van der Waals surface area contributed by atoms with Crippen LogP contribution in [0.2, 0.25) is 0 Å². The minimum Gasteiger partial charge on any atom is -0.328 e. The Hall–Kier alpha value is -1.15. The van der Waals surface area contributed by atoms with Crippen LogP contribution < -0.4 is 5.73 Å². The van der Waals surface area contributed by atoms with Gasteiger partial charge in [0, 0.05) is 18.4 Å². The monoisotopic (exact) mass is 245 g/mol. The van der Waals surface area contributed by atoms with Crippen molar-refractivity contribution >= 4 is 5.78 Å². The van der Waals surface area contributed by atoms with Crippen molar-refractivity contribution < 1.29 is 4.79 Å². The molecule has 1 aliphatic rings. The Morgan fingerprint density at radius 3 is 2.44 bits per heavy atom. The molecule has 2 heteroatoms. The number of carbonyl (C=O) groups excluding carboxylic acids is 1. The minimum atomic E-state index is 0.199. The molecule has 0 radical (unpaired) electrons. The van der Waals surface area contributed by atoms with Crippen LogP contribution in [0.5, 0.6) is 0 Å². The van der Waals surface area contributed by atoms with Gasteiger partial charge < -0.3 is 5.73 Å². The lowest BCUT2D eigenvalue weighted by Crippen LogP contribution is -2.19. The second-order valence-corrected chi connectivity index (χ2v) is 5.81. The van der Waals surface area contributed by atoms with Crippen LogP contribution in [-0.2, 0) is 11.2 Å². The molecule has 0 amide bonds. The van der Waals surface area contributed by atoms with Gasteiger partial charge in [0.1, 0.15) is 5.78 Å². The van der Waals surface area contributed by atoms with Crippen LogP contribution in [0.3, 0.4) is 0 Å². The maximum absolute atomic E-state index is 12.1. The summed E-state index contributed by atoms with van der Waals surface area (Å²) in [6.07, 6.45) is 3.42. The highest BCUT2D eigenvalue weighted by molar-refractivity contribution is 5.83. The third kappa shape index (κ3) is 3.20. The molecule has 1 saturated carbocycles. The van der Waals surface area contributed by atoms with Crippen LogP contribution in [0.15, 0.2) is 24.3 Å². The molecule has 0 spiro atoms. The Bertz CT molecular complexity index is 408. The van der Waals surface area contributed by atoms with E-state index in [1.165, 1.54) is 5.56 Å². The standard InChI is InChI=1S/C16H23NO/c1-11(2)13-5-3-12(4-6-13)9-16(18)14-7-8-15(17)10-14/h3-6,11,14-15H,7-10,17H2,1-2H3. The molecule has 2 nitrogen and oxygen atoms in total. The molecule has 1 aliphatic carbocycles. The second-order valence-electron chi connectivity index (χ2n) is 5.81. The molecule has 1 fully saturated rings. The maximum Gasteiger partial charge on any atom is 0.140 e. The summed E-state index contributed by atoms with van der Waals surface area (Å²) in [5, 5.41) is 0. The lowest BCUT2D eigenvalue weighted by molar-refractivity contribution is -0.122. The normalized spacial score (nSPS) is 23.6. The summed E-state index contributed by atoms with van der Waals surface area (Å²) in [5.41, 5.74) is 8.31. The number of ketones is 1. The van der Waals surface area contributed by atoms with E-state index in [4.69, 9.17) is 5.73 Å². The van der Waals surface area contributed by atoms with Gasteiger partial charge in [0.25, 0.3) is 0 Å². The average molecular weight is 245 g/mol. The molecule has 0 heterocycles. The van der Waals surface area contributed by atoms with Crippen LogP contribution in [0, 0.1) is 5.92 Å². The van der Waals surface area contributed by atoms with Gasteiger partial charge in [-0.15, -0.1) is 0 Å². The van der Waals surface area contributed by atoms with Crippen LogP contribution >= 0.6 is 0 Å². The van der Waals surface area contributed by atoms with Gasteiger partial charge in [-0.05, 0) is 36.3 Å². The van der Waals surface area contributed by atoms with E-state index in [0.29, 0.717) is 18.1 Å². The Morgan fingerprint density at radius 2 is 1.94 bits per heavy atom. The highest BCUT2D eigenvalue weighted by Crippen LogP contribution is 2.26. The van der Waals surface area contributed by atoms with Crippen molar-refractivity contribution in [2.45, 2.75) is 51.5 Å². The van der Waals surface area contributed by atoms with Crippen molar-refractivity contribution in [3.8, 4) is 0 Å². The van der Waals surface area contributed by atoms with Crippen molar-refractivity contribution in [2.24, 2.45) is 11.7 Å². The summed E-state index contributed by atoms with van der Waals surface area (Å²) in [6, 6.07) is 8.67. The Balaban J connectivity index is 1.95. The topological polar surface area (TPSA) is 43.1 Å².